The van der Waals surface area contributed by atoms with E-state index in [1.807, 2.05) is 0 Å². The first-order valence-corrected chi connectivity index (χ1v) is 8.91. The van der Waals surface area contributed by atoms with E-state index >= 15 is 0 Å². The number of aromatic amines is 1. The van der Waals surface area contributed by atoms with Crippen LogP contribution in [0.4, 0.5) is 0 Å². The van der Waals surface area contributed by atoms with Gasteiger partial charge in [0.2, 0.25) is 0 Å². The molecule has 1 fully saturated rings. The fourth-order valence-electron chi connectivity index (χ4n) is 3.68. The lowest BCUT2D eigenvalue weighted by Gasteiger charge is -2.22. The highest BCUT2D eigenvalue weighted by molar-refractivity contribution is 6.01. The molecule has 2 aromatic heterocycles. The van der Waals surface area contributed by atoms with Gasteiger partial charge in [0.25, 0.3) is 5.91 Å². The Balaban J connectivity index is 1.94. The quantitative estimate of drug-likeness (QED) is 0.738. The first-order chi connectivity index (χ1) is 13.1. The van der Waals surface area contributed by atoms with Gasteiger partial charge in [0.1, 0.15) is 5.52 Å². The lowest BCUT2D eigenvalue weighted by molar-refractivity contribution is 0.0997. The van der Waals surface area contributed by atoms with Gasteiger partial charge in [-0.25, -0.2) is 14.8 Å². The summed E-state index contributed by atoms with van der Waals surface area (Å²) in [5.74, 6) is -0.432. The van der Waals surface area contributed by atoms with Crippen LogP contribution in [0.25, 0.3) is 22.6 Å². The Kier molecular flexibility index (Phi) is 4.20. The minimum absolute atomic E-state index is 0.00832. The molecule has 4 rings (SSSR count). The molecule has 3 N–H and O–H groups in total. The molecule has 0 spiro atoms. The standard InChI is InChI=1S/C19H18N6O2/c20-10-11-6-8-12(9-7-11)17-22-14(16(21)26)15-18(24-17)25(19(27)23-15)13-4-2-1-3-5-13/h6-9,13H,1-5H2,(H2,21,26)(H,23,27). The molecule has 3 aromatic rings. The Hall–Kier alpha value is -3.47. The molecule has 0 unspecified atom stereocenters. The van der Waals surface area contributed by atoms with Crippen LogP contribution in [-0.4, -0.2) is 25.4 Å². The lowest BCUT2D eigenvalue weighted by atomic mass is 9.95. The number of nitrogens with two attached hydrogens (primary N) is 1. The van der Waals surface area contributed by atoms with E-state index < -0.39 is 5.91 Å². The van der Waals surface area contributed by atoms with Gasteiger partial charge in [-0.05, 0) is 37.1 Å². The number of aromatic nitrogens is 4. The summed E-state index contributed by atoms with van der Waals surface area (Å²) < 4.78 is 1.63. The molecule has 1 aliphatic carbocycles. The van der Waals surface area contributed by atoms with Crippen molar-refractivity contribution in [3.05, 3.63) is 46.0 Å². The van der Waals surface area contributed by atoms with E-state index in [9.17, 15) is 9.59 Å². The Labute approximate surface area is 154 Å². The number of nitrogens with one attached hydrogen (secondary N) is 1. The summed E-state index contributed by atoms with van der Waals surface area (Å²) >= 11 is 0. The number of nitrogens with zero attached hydrogens (tertiary/aromatic N) is 4. The monoisotopic (exact) mass is 362 g/mol. The minimum atomic E-state index is -0.727. The van der Waals surface area contributed by atoms with Crippen LogP contribution in [0.1, 0.15) is 54.2 Å². The number of imidazole rings is 1. The van der Waals surface area contributed by atoms with E-state index in [-0.39, 0.29) is 22.9 Å². The van der Waals surface area contributed by atoms with Crippen molar-refractivity contribution in [2.24, 2.45) is 5.73 Å². The number of fused-ring (bicyclic) bond motifs is 1. The van der Waals surface area contributed by atoms with Crippen molar-refractivity contribution in [2.45, 2.75) is 38.1 Å². The number of carbonyl (C=O) groups is 1. The topological polar surface area (TPSA) is 130 Å². The van der Waals surface area contributed by atoms with Gasteiger partial charge in [-0.3, -0.25) is 9.36 Å². The van der Waals surface area contributed by atoms with Crippen molar-refractivity contribution >= 4 is 17.1 Å². The van der Waals surface area contributed by atoms with Crippen LogP contribution in [0.2, 0.25) is 0 Å². The predicted octanol–water partition coefficient (Wildman–Crippen LogP) is 2.26. The van der Waals surface area contributed by atoms with Crippen molar-refractivity contribution in [3.8, 4) is 17.5 Å². The molecule has 136 valence electrons. The van der Waals surface area contributed by atoms with E-state index in [0.717, 1.165) is 32.1 Å². The number of nitriles is 1. The number of amides is 1. The molecule has 1 aliphatic rings. The summed E-state index contributed by atoms with van der Waals surface area (Å²) in [6, 6.07) is 8.82. The largest absolute Gasteiger partial charge is 0.364 e. The third-order valence-corrected chi connectivity index (χ3v) is 5.01. The zero-order valence-corrected chi connectivity index (χ0v) is 14.6. The molecule has 0 aliphatic heterocycles. The second-order valence-electron chi connectivity index (χ2n) is 6.74. The molecule has 1 aromatic carbocycles. The zero-order valence-electron chi connectivity index (χ0n) is 14.6. The molecule has 0 atom stereocenters. The molecule has 0 radical (unpaired) electrons. The molecule has 8 nitrogen and oxygen atoms in total. The Morgan fingerprint density at radius 2 is 1.89 bits per heavy atom. The maximum Gasteiger partial charge on any atom is 0.327 e. The highest BCUT2D eigenvalue weighted by Crippen LogP contribution is 2.30. The van der Waals surface area contributed by atoms with Crippen molar-refractivity contribution in [1.29, 1.82) is 5.26 Å². The average Bonchev–Trinajstić information content (AvgIpc) is 3.03. The molecule has 1 amide bonds. The van der Waals surface area contributed by atoms with Crippen LogP contribution in [0, 0.1) is 11.3 Å². The first-order valence-electron chi connectivity index (χ1n) is 8.91. The average molecular weight is 362 g/mol. The van der Waals surface area contributed by atoms with Crippen molar-refractivity contribution in [3.63, 3.8) is 0 Å². The van der Waals surface area contributed by atoms with Gasteiger partial charge < -0.3 is 10.7 Å². The fourth-order valence-corrected chi connectivity index (χ4v) is 3.68. The number of primary amides is 1. The van der Waals surface area contributed by atoms with Gasteiger partial charge >= 0.3 is 5.69 Å². The zero-order chi connectivity index (χ0) is 19.0. The van der Waals surface area contributed by atoms with Crippen LogP contribution in [0.15, 0.2) is 29.1 Å². The fraction of sp³-hybridized carbons (Fsp3) is 0.316. The molecule has 1 saturated carbocycles. The second kappa shape index (κ2) is 6.68. The Bertz CT molecular complexity index is 1110. The van der Waals surface area contributed by atoms with E-state index in [0.29, 0.717) is 22.6 Å². The SMILES string of the molecule is N#Cc1ccc(-c2nc(C(N)=O)c3[nH]c(=O)n(C4CCCCC4)c3n2)cc1. The summed E-state index contributed by atoms with van der Waals surface area (Å²) in [6.07, 6.45) is 5.07. The van der Waals surface area contributed by atoms with E-state index in [1.54, 1.807) is 28.8 Å². The molecule has 2 heterocycles. The normalized spacial score (nSPS) is 14.9. The number of rotatable bonds is 3. The van der Waals surface area contributed by atoms with Gasteiger partial charge in [-0.15, -0.1) is 0 Å². The highest BCUT2D eigenvalue weighted by Gasteiger charge is 2.24. The smallest absolute Gasteiger partial charge is 0.327 e. The molecule has 8 heteroatoms. The van der Waals surface area contributed by atoms with Crippen molar-refractivity contribution < 1.29 is 4.79 Å². The van der Waals surface area contributed by atoms with Crippen molar-refractivity contribution in [1.82, 2.24) is 19.5 Å². The maximum absolute atomic E-state index is 12.6. The maximum atomic E-state index is 12.6. The van der Waals surface area contributed by atoms with Gasteiger partial charge in [0.15, 0.2) is 17.2 Å². The predicted molar refractivity (Wildman–Crippen MR) is 98.9 cm³/mol. The molecule has 0 saturated heterocycles. The molecular formula is C19H18N6O2. The Morgan fingerprint density at radius 3 is 2.52 bits per heavy atom. The van der Waals surface area contributed by atoms with Crippen LogP contribution in [-0.2, 0) is 0 Å². The second-order valence-corrected chi connectivity index (χ2v) is 6.74. The summed E-state index contributed by atoms with van der Waals surface area (Å²) in [7, 11) is 0. The number of carbonyl (C=O) groups excluding carboxylic acids is 1. The molecule has 27 heavy (non-hydrogen) atoms. The van der Waals surface area contributed by atoms with Gasteiger partial charge in [0, 0.05) is 11.6 Å². The van der Waals surface area contributed by atoms with Crippen LogP contribution in [0.3, 0.4) is 0 Å². The first kappa shape index (κ1) is 17.0. The number of H-pyrrole nitrogens is 1. The number of hydrogen-bond donors (Lipinski definition) is 2. The molecular weight excluding hydrogens is 344 g/mol. The van der Waals surface area contributed by atoms with Gasteiger partial charge in [-0.1, -0.05) is 19.3 Å². The van der Waals surface area contributed by atoms with Crippen molar-refractivity contribution in [2.75, 3.05) is 0 Å². The number of hydrogen-bond acceptors (Lipinski definition) is 5. The van der Waals surface area contributed by atoms with Crippen LogP contribution < -0.4 is 11.4 Å². The van der Waals surface area contributed by atoms with Gasteiger partial charge in [0.05, 0.1) is 11.6 Å². The third kappa shape index (κ3) is 2.97. The van der Waals surface area contributed by atoms with Crippen LogP contribution >= 0.6 is 0 Å². The van der Waals surface area contributed by atoms with E-state index in [4.69, 9.17) is 11.0 Å². The number of benzene rings is 1. The lowest BCUT2D eigenvalue weighted by Crippen LogP contribution is -2.24. The summed E-state index contributed by atoms with van der Waals surface area (Å²) in [6.45, 7) is 0. The minimum Gasteiger partial charge on any atom is -0.364 e. The van der Waals surface area contributed by atoms with Crippen LogP contribution in [0.5, 0.6) is 0 Å². The van der Waals surface area contributed by atoms with Gasteiger partial charge in [-0.2, -0.15) is 5.26 Å². The summed E-state index contributed by atoms with van der Waals surface area (Å²) in [4.78, 5) is 36.1. The highest BCUT2D eigenvalue weighted by atomic mass is 16.2. The summed E-state index contributed by atoms with van der Waals surface area (Å²) in [5.41, 5.74) is 7.02. The third-order valence-electron chi connectivity index (χ3n) is 5.01. The van der Waals surface area contributed by atoms with E-state index in [2.05, 4.69) is 21.0 Å². The summed E-state index contributed by atoms with van der Waals surface area (Å²) in [5, 5.41) is 8.96. The van der Waals surface area contributed by atoms with E-state index in [1.165, 1.54) is 0 Å². The Morgan fingerprint density at radius 1 is 1.19 bits per heavy atom. The molecule has 0 bridgehead atoms.